The van der Waals surface area contributed by atoms with Crippen LogP contribution in [-0.2, 0) is 9.53 Å². The topological polar surface area (TPSA) is 67.4 Å². The van der Waals surface area contributed by atoms with E-state index in [4.69, 9.17) is 28.6 Å². The third-order valence-corrected chi connectivity index (χ3v) is 4.72. The number of ether oxygens (including phenoxy) is 1. The van der Waals surface area contributed by atoms with Gasteiger partial charge in [0.15, 0.2) is 10.9 Å². The molecule has 0 amide bonds. The number of carbonyl (C=O) groups is 2. The van der Waals surface area contributed by atoms with E-state index in [0.717, 1.165) is 11.1 Å². The van der Waals surface area contributed by atoms with E-state index >= 15 is 0 Å². The van der Waals surface area contributed by atoms with Gasteiger partial charge in [-0.25, -0.2) is 4.79 Å². The minimum atomic E-state index is -0.436. The number of carbonyl (C=O) groups excluding carboxylic acids is 2. The molecule has 1 atom stereocenters. The van der Waals surface area contributed by atoms with Crippen molar-refractivity contribution in [2.24, 2.45) is 0 Å². The van der Waals surface area contributed by atoms with Crippen LogP contribution in [0.2, 0.25) is 5.02 Å². The summed E-state index contributed by atoms with van der Waals surface area (Å²) in [4.78, 5) is 24.1. The monoisotopic (exact) mass is 400 g/mol. The molecule has 27 heavy (non-hydrogen) atoms. The third kappa shape index (κ3) is 4.02. The van der Waals surface area contributed by atoms with Gasteiger partial charge in [-0.05, 0) is 54.5 Å². The van der Waals surface area contributed by atoms with Crippen molar-refractivity contribution in [3.63, 3.8) is 0 Å². The number of thiocarbonyl (C=S) groups is 1. The second-order valence-electron chi connectivity index (χ2n) is 6.00. The Morgan fingerprint density at radius 1 is 1.07 bits per heavy atom. The maximum atomic E-state index is 12.5. The Hall–Kier alpha value is -2.70. The van der Waals surface area contributed by atoms with Gasteiger partial charge in [0.05, 0.1) is 24.4 Å². The lowest BCUT2D eigenvalue weighted by atomic mass is 9.90. The van der Waals surface area contributed by atoms with E-state index in [1.807, 2.05) is 12.1 Å². The number of esters is 1. The van der Waals surface area contributed by atoms with Crippen LogP contribution in [0.3, 0.4) is 0 Å². The largest absolute Gasteiger partial charge is 0.465 e. The zero-order valence-electron chi connectivity index (χ0n) is 14.7. The molecule has 7 heteroatoms. The van der Waals surface area contributed by atoms with Crippen LogP contribution in [0, 0.1) is 0 Å². The molecule has 0 saturated carbocycles. The van der Waals surface area contributed by atoms with Gasteiger partial charge >= 0.3 is 5.97 Å². The fraction of sp³-hybridized carbons (Fsp3) is 0.150. The van der Waals surface area contributed by atoms with Gasteiger partial charge in [-0.15, -0.1) is 0 Å². The summed E-state index contributed by atoms with van der Waals surface area (Å²) in [6.45, 7) is 1.51. The normalized spacial score (nSPS) is 16.4. The van der Waals surface area contributed by atoms with Crippen LogP contribution in [-0.4, -0.2) is 24.0 Å². The van der Waals surface area contributed by atoms with E-state index in [2.05, 4.69) is 10.6 Å². The number of Topliss-reactive ketones (excluding diaryl/α,β-unsaturated/α-hetero) is 1. The molecule has 138 valence electrons. The minimum absolute atomic E-state index is 0.0931. The van der Waals surface area contributed by atoms with Gasteiger partial charge in [0.1, 0.15) is 0 Å². The Morgan fingerprint density at radius 2 is 1.70 bits per heavy atom. The van der Waals surface area contributed by atoms with Crippen molar-refractivity contribution in [3.05, 3.63) is 75.8 Å². The standard InChI is InChI=1S/C20H17ClN2O3S/c1-11(24)16-17(12-3-5-14(6-4-12)19(25)26-2)22-20(27)23-18(16)13-7-9-15(21)10-8-13/h3-10,17H,1-2H3,(H2,22,23,27)/t17-/m1/s1. The van der Waals surface area contributed by atoms with Gasteiger partial charge in [0, 0.05) is 10.6 Å². The first-order chi connectivity index (χ1) is 12.9. The molecule has 0 unspecified atom stereocenters. The van der Waals surface area contributed by atoms with Gasteiger partial charge < -0.3 is 15.4 Å². The zero-order chi connectivity index (χ0) is 19.6. The molecule has 1 heterocycles. The molecule has 1 aliphatic rings. The summed E-state index contributed by atoms with van der Waals surface area (Å²) < 4.78 is 4.72. The van der Waals surface area contributed by atoms with Crippen LogP contribution in [0.1, 0.15) is 34.5 Å². The van der Waals surface area contributed by atoms with Gasteiger partial charge in [-0.1, -0.05) is 35.9 Å². The molecular weight excluding hydrogens is 384 g/mol. The van der Waals surface area contributed by atoms with Crippen molar-refractivity contribution >= 4 is 46.4 Å². The quantitative estimate of drug-likeness (QED) is 0.603. The third-order valence-electron chi connectivity index (χ3n) is 4.25. The number of methoxy groups -OCH3 is 1. The summed E-state index contributed by atoms with van der Waals surface area (Å²) in [6.07, 6.45) is 0. The average molecular weight is 401 g/mol. The molecule has 1 aliphatic heterocycles. The maximum absolute atomic E-state index is 12.5. The number of halogens is 1. The molecule has 0 fully saturated rings. The van der Waals surface area contributed by atoms with E-state index in [0.29, 0.717) is 27.0 Å². The van der Waals surface area contributed by atoms with E-state index in [1.54, 1.807) is 36.4 Å². The molecular formula is C20H17ClN2O3S. The highest BCUT2D eigenvalue weighted by atomic mass is 35.5. The molecule has 2 N–H and O–H groups in total. The molecule has 0 aliphatic carbocycles. The number of hydrogen-bond acceptors (Lipinski definition) is 4. The van der Waals surface area contributed by atoms with Crippen LogP contribution in [0.4, 0.5) is 0 Å². The number of hydrogen-bond donors (Lipinski definition) is 2. The van der Waals surface area contributed by atoms with E-state index < -0.39 is 12.0 Å². The minimum Gasteiger partial charge on any atom is -0.465 e. The number of benzene rings is 2. The lowest BCUT2D eigenvalue weighted by Gasteiger charge is -2.31. The highest BCUT2D eigenvalue weighted by Crippen LogP contribution is 2.32. The molecule has 0 spiro atoms. The summed E-state index contributed by atoms with van der Waals surface area (Å²) in [5.74, 6) is -0.510. The first kappa shape index (κ1) is 19.1. The highest BCUT2D eigenvalue weighted by Gasteiger charge is 2.30. The molecule has 0 radical (unpaired) electrons. The summed E-state index contributed by atoms with van der Waals surface area (Å²) in [5.41, 5.74) is 3.25. The lowest BCUT2D eigenvalue weighted by molar-refractivity contribution is -0.113. The molecule has 2 aromatic carbocycles. The van der Waals surface area contributed by atoms with Crippen molar-refractivity contribution < 1.29 is 14.3 Å². The first-order valence-electron chi connectivity index (χ1n) is 8.17. The molecule has 3 rings (SSSR count). The van der Waals surface area contributed by atoms with Crippen LogP contribution in [0.25, 0.3) is 5.70 Å². The van der Waals surface area contributed by atoms with Gasteiger partial charge in [0.2, 0.25) is 0 Å². The predicted octanol–water partition coefficient (Wildman–Crippen LogP) is 3.65. The Labute approximate surface area is 167 Å². The van der Waals surface area contributed by atoms with Crippen molar-refractivity contribution in [2.75, 3.05) is 7.11 Å². The zero-order valence-corrected chi connectivity index (χ0v) is 16.3. The summed E-state index contributed by atoms with van der Waals surface area (Å²) in [7, 11) is 1.33. The highest BCUT2D eigenvalue weighted by molar-refractivity contribution is 7.80. The molecule has 5 nitrogen and oxygen atoms in total. The molecule has 0 bridgehead atoms. The maximum Gasteiger partial charge on any atom is 0.337 e. The second-order valence-corrected chi connectivity index (χ2v) is 6.84. The Bertz CT molecular complexity index is 937. The molecule has 0 saturated heterocycles. The Kier molecular flexibility index (Phi) is 5.58. The number of rotatable bonds is 4. The van der Waals surface area contributed by atoms with Crippen LogP contribution in [0.15, 0.2) is 54.1 Å². The van der Waals surface area contributed by atoms with E-state index in [1.165, 1.54) is 14.0 Å². The van der Waals surface area contributed by atoms with Gasteiger partial charge in [-0.3, -0.25) is 4.79 Å². The number of ketones is 1. The smallest absolute Gasteiger partial charge is 0.337 e. The fourth-order valence-electron chi connectivity index (χ4n) is 2.97. The van der Waals surface area contributed by atoms with E-state index in [-0.39, 0.29) is 5.78 Å². The number of nitrogens with one attached hydrogen (secondary N) is 2. The van der Waals surface area contributed by atoms with E-state index in [9.17, 15) is 9.59 Å². The van der Waals surface area contributed by atoms with Gasteiger partial charge in [0.25, 0.3) is 0 Å². The van der Waals surface area contributed by atoms with Gasteiger partial charge in [-0.2, -0.15) is 0 Å². The Morgan fingerprint density at radius 3 is 2.26 bits per heavy atom. The van der Waals surface area contributed by atoms with Crippen LogP contribution < -0.4 is 10.6 Å². The lowest BCUT2D eigenvalue weighted by Crippen LogP contribution is -2.44. The summed E-state index contributed by atoms with van der Waals surface area (Å²) >= 11 is 11.3. The summed E-state index contributed by atoms with van der Waals surface area (Å²) in [5, 5.41) is 7.24. The molecule has 2 aromatic rings. The van der Waals surface area contributed by atoms with Crippen molar-refractivity contribution in [3.8, 4) is 0 Å². The van der Waals surface area contributed by atoms with Crippen molar-refractivity contribution in [1.82, 2.24) is 10.6 Å². The SMILES string of the molecule is COC(=O)c1ccc([C@H]2NC(=S)NC(c3ccc(Cl)cc3)=C2C(C)=O)cc1. The molecule has 0 aromatic heterocycles. The second kappa shape index (κ2) is 7.90. The van der Waals surface area contributed by atoms with Crippen LogP contribution in [0.5, 0.6) is 0 Å². The van der Waals surface area contributed by atoms with Crippen molar-refractivity contribution in [1.29, 1.82) is 0 Å². The fourth-order valence-corrected chi connectivity index (χ4v) is 3.31. The van der Waals surface area contributed by atoms with Crippen molar-refractivity contribution in [2.45, 2.75) is 13.0 Å². The average Bonchev–Trinajstić information content (AvgIpc) is 2.67. The predicted molar refractivity (Wildman–Crippen MR) is 108 cm³/mol. The first-order valence-corrected chi connectivity index (χ1v) is 8.96. The van der Waals surface area contributed by atoms with Crippen LogP contribution >= 0.6 is 23.8 Å². The summed E-state index contributed by atoms with van der Waals surface area (Å²) in [6, 6.07) is 13.6. The Balaban J connectivity index is 2.08.